The molecule has 0 aliphatic carbocycles. The molecule has 1 aliphatic heterocycles. The maximum Gasteiger partial charge on any atom is 0.337 e. The molecule has 3 aromatic rings. The number of hydrogen-bond donors (Lipinski definition) is 1. The number of anilines is 1. The monoisotopic (exact) mass is 443 g/mol. The van der Waals surface area contributed by atoms with Gasteiger partial charge in [-0.25, -0.2) is 13.6 Å². The van der Waals surface area contributed by atoms with Crippen LogP contribution >= 0.6 is 15.9 Å². The van der Waals surface area contributed by atoms with Gasteiger partial charge in [0.2, 0.25) is 0 Å². The van der Waals surface area contributed by atoms with Crippen molar-refractivity contribution in [1.29, 1.82) is 0 Å². The highest BCUT2D eigenvalue weighted by molar-refractivity contribution is 9.10. The van der Waals surface area contributed by atoms with E-state index in [1.807, 2.05) is 6.07 Å². The minimum atomic E-state index is -1.18. The molecular formula is C21H12BrF2NO3. The van der Waals surface area contributed by atoms with Crippen LogP contribution in [0.15, 0.2) is 59.1 Å². The topological polar surface area (TPSA) is 57.6 Å². The highest BCUT2D eigenvalue weighted by Gasteiger charge is 2.31. The zero-order valence-electron chi connectivity index (χ0n) is 14.2. The molecular weight excluding hydrogens is 432 g/mol. The summed E-state index contributed by atoms with van der Waals surface area (Å²) in [6.07, 6.45) is 0. The molecule has 7 heteroatoms. The van der Waals surface area contributed by atoms with Gasteiger partial charge in [0.05, 0.1) is 17.8 Å². The Balaban J connectivity index is 1.82. The average molecular weight is 444 g/mol. The van der Waals surface area contributed by atoms with E-state index < -0.39 is 17.6 Å². The summed E-state index contributed by atoms with van der Waals surface area (Å²) in [5.41, 5.74) is 2.28. The quantitative estimate of drug-likeness (QED) is 0.600. The second kappa shape index (κ2) is 6.83. The highest BCUT2D eigenvalue weighted by atomic mass is 79.9. The first kappa shape index (κ1) is 18.3. The number of carboxylic acid groups (broad SMARTS) is 1. The number of carbonyl (C=O) groups excluding carboxylic acids is 1. The largest absolute Gasteiger partial charge is 0.478 e. The van der Waals surface area contributed by atoms with Crippen LogP contribution in [0.5, 0.6) is 0 Å². The van der Waals surface area contributed by atoms with Gasteiger partial charge < -0.3 is 10.0 Å². The van der Waals surface area contributed by atoms with Crippen molar-refractivity contribution in [1.82, 2.24) is 0 Å². The highest BCUT2D eigenvalue weighted by Crippen LogP contribution is 2.35. The fourth-order valence-electron chi connectivity index (χ4n) is 3.26. The first-order valence-corrected chi connectivity index (χ1v) is 9.07. The second-order valence-corrected chi connectivity index (χ2v) is 7.27. The number of aromatic carboxylic acids is 1. The molecule has 140 valence electrons. The lowest BCUT2D eigenvalue weighted by Crippen LogP contribution is -2.25. The van der Waals surface area contributed by atoms with Gasteiger partial charge in [-0.15, -0.1) is 0 Å². The molecule has 0 aromatic heterocycles. The number of hydrogen-bond acceptors (Lipinski definition) is 2. The summed E-state index contributed by atoms with van der Waals surface area (Å²) < 4.78 is 27.6. The van der Waals surface area contributed by atoms with Crippen molar-refractivity contribution in [2.75, 3.05) is 4.90 Å². The third-order valence-corrected chi connectivity index (χ3v) is 5.14. The normalized spacial score (nSPS) is 13.0. The number of rotatable bonds is 3. The van der Waals surface area contributed by atoms with Gasteiger partial charge in [-0.2, -0.15) is 0 Å². The number of amides is 1. The van der Waals surface area contributed by atoms with Crippen LogP contribution in [-0.2, 0) is 6.54 Å². The summed E-state index contributed by atoms with van der Waals surface area (Å²) in [5.74, 6) is -3.48. The number of benzene rings is 3. The summed E-state index contributed by atoms with van der Waals surface area (Å²) in [4.78, 5) is 26.0. The van der Waals surface area contributed by atoms with Gasteiger partial charge in [0, 0.05) is 10.0 Å². The molecule has 1 heterocycles. The van der Waals surface area contributed by atoms with Crippen molar-refractivity contribution in [2.24, 2.45) is 0 Å². The van der Waals surface area contributed by atoms with Crippen molar-refractivity contribution in [3.05, 3.63) is 87.4 Å². The maximum atomic E-state index is 13.6. The Kier molecular flexibility index (Phi) is 4.47. The van der Waals surface area contributed by atoms with Crippen molar-refractivity contribution in [3.63, 3.8) is 0 Å². The molecule has 28 heavy (non-hydrogen) atoms. The molecule has 4 nitrogen and oxygen atoms in total. The molecule has 0 radical (unpaired) electrons. The predicted octanol–water partition coefficient (Wildman–Crippen LogP) is 5.25. The molecule has 1 N–H and O–H groups in total. The molecule has 4 rings (SSSR count). The van der Waals surface area contributed by atoms with E-state index in [2.05, 4.69) is 15.9 Å². The Morgan fingerprint density at radius 3 is 2.39 bits per heavy atom. The van der Waals surface area contributed by atoms with E-state index in [1.54, 1.807) is 12.1 Å². The van der Waals surface area contributed by atoms with Gasteiger partial charge in [0.15, 0.2) is 11.6 Å². The zero-order chi connectivity index (χ0) is 20.0. The Bertz CT molecular complexity index is 1150. The van der Waals surface area contributed by atoms with E-state index in [1.165, 1.54) is 29.2 Å². The standard InChI is InChI=1S/C21H12BrF2NO3/c22-14-4-1-13-10-25(20(26)16(13)9-14)19-8-12(2-5-15(19)21(27)28)11-3-6-17(23)18(24)7-11/h1-9H,10H2,(H,27,28). The van der Waals surface area contributed by atoms with E-state index in [0.29, 0.717) is 16.7 Å². The molecule has 0 fully saturated rings. The van der Waals surface area contributed by atoms with Crippen LogP contribution in [0.25, 0.3) is 11.1 Å². The molecule has 1 amide bonds. The zero-order valence-corrected chi connectivity index (χ0v) is 15.8. The SMILES string of the molecule is O=C(O)c1ccc(-c2ccc(F)c(F)c2)cc1N1Cc2ccc(Br)cc2C1=O. The Labute approximate surface area is 167 Å². The molecule has 0 saturated heterocycles. The Morgan fingerprint density at radius 2 is 1.68 bits per heavy atom. The van der Waals surface area contributed by atoms with Crippen LogP contribution in [0.4, 0.5) is 14.5 Å². The van der Waals surface area contributed by atoms with E-state index in [9.17, 15) is 23.5 Å². The fraction of sp³-hybridized carbons (Fsp3) is 0.0476. The number of carboxylic acids is 1. The fourth-order valence-corrected chi connectivity index (χ4v) is 3.62. The lowest BCUT2D eigenvalue weighted by atomic mass is 10.0. The lowest BCUT2D eigenvalue weighted by molar-refractivity contribution is 0.0697. The maximum absolute atomic E-state index is 13.6. The van der Waals surface area contributed by atoms with Gasteiger partial charge in [-0.3, -0.25) is 4.79 Å². The minimum Gasteiger partial charge on any atom is -0.478 e. The van der Waals surface area contributed by atoms with E-state index in [-0.39, 0.29) is 23.7 Å². The van der Waals surface area contributed by atoms with Gasteiger partial charge in [0.1, 0.15) is 0 Å². The summed E-state index contributed by atoms with van der Waals surface area (Å²) in [6.45, 7) is 0.225. The van der Waals surface area contributed by atoms with Crippen LogP contribution in [0, 0.1) is 11.6 Å². The van der Waals surface area contributed by atoms with Crippen LogP contribution < -0.4 is 4.90 Å². The van der Waals surface area contributed by atoms with Crippen LogP contribution in [0.2, 0.25) is 0 Å². The Hall–Kier alpha value is -3.06. The van der Waals surface area contributed by atoms with Gasteiger partial charge in [-0.1, -0.05) is 34.1 Å². The minimum absolute atomic E-state index is 0.0495. The van der Waals surface area contributed by atoms with Crippen LogP contribution in [0.1, 0.15) is 26.3 Å². The third-order valence-electron chi connectivity index (χ3n) is 4.65. The number of carbonyl (C=O) groups is 2. The Morgan fingerprint density at radius 1 is 0.964 bits per heavy atom. The summed E-state index contributed by atoms with van der Waals surface area (Å²) in [6, 6.07) is 13.1. The molecule has 0 spiro atoms. The van der Waals surface area contributed by atoms with E-state index in [4.69, 9.17) is 0 Å². The molecule has 0 unspecified atom stereocenters. The van der Waals surface area contributed by atoms with Gasteiger partial charge in [-0.05, 0) is 53.1 Å². The van der Waals surface area contributed by atoms with E-state index in [0.717, 1.165) is 22.2 Å². The summed E-state index contributed by atoms with van der Waals surface area (Å²) in [7, 11) is 0. The third kappa shape index (κ3) is 3.07. The molecule has 0 atom stereocenters. The molecule has 3 aromatic carbocycles. The second-order valence-electron chi connectivity index (χ2n) is 6.36. The van der Waals surface area contributed by atoms with Gasteiger partial charge >= 0.3 is 5.97 Å². The van der Waals surface area contributed by atoms with Crippen molar-refractivity contribution in [2.45, 2.75) is 6.54 Å². The molecule has 0 bridgehead atoms. The van der Waals surface area contributed by atoms with Crippen molar-refractivity contribution < 1.29 is 23.5 Å². The lowest BCUT2D eigenvalue weighted by Gasteiger charge is -2.19. The first-order chi connectivity index (χ1) is 13.3. The van der Waals surface area contributed by atoms with Gasteiger partial charge in [0.25, 0.3) is 5.91 Å². The smallest absolute Gasteiger partial charge is 0.337 e. The number of nitrogens with zero attached hydrogens (tertiary/aromatic N) is 1. The average Bonchev–Trinajstić information content (AvgIpc) is 2.99. The summed E-state index contributed by atoms with van der Waals surface area (Å²) >= 11 is 3.33. The van der Waals surface area contributed by atoms with Crippen molar-refractivity contribution >= 4 is 33.5 Å². The van der Waals surface area contributed by atoms with Crippen LogP contribution in [-0.4, -0.2) is 17.0 Å². The molecule has 1 aliphatic rings. The molecule has 0 saturated carbocycles. The predicted molar refractivity (Wildman–Crippen MR) is 103 cm³/mol. The van der Waals surface area contributed by atoms with E-state index >= 15 is 0 Å². The first-order valence-electron chi connectivity index (χ1n) is 8.28. The van der Waals surface area contributed by atoms with Crippen LogP contribution in [0.3, 0.4) is 0 Å². The number of fused-ring (bicyclic) bond motifs is 1. The number of halogens is 3. The summed E-state index contributed by atoms with van der Waals surface area (Å²) in [5, 5.41) is 9.56. The van der Waals surface area contributed by atoms with Crippen molar-refractivity contribution in [3.8, 4) is 11.1 Å².